The molecule has 1 amide bonds. The third-order valence-corrected chi connectivity index (χ3v) is 7.06. The van der Waals surface area contributed by atoms with Crippen molar-refractivity contribution in [2.24, 2.45) is 0 Å². The van der Waals surface area contributed by atoms with Gasteiger partial charge in [0.2, 0.25) is 0 Å². The number of aliphatic hydroxyl groups is 1. The summed E-state index contributed by atoms with van der Waals surface area (Å²) < 4.78 is 20.3. The number of Topliss-reactive ketones (excluding diaryl/α,β-unsaturated/α-hetero) is 1. The van der Waals surface area contributed by atoms with Crippen LogP contribution in [0.25, 0.3) is 16.0 Å². The molecule has 0 saturated carbocycles. The number of aliphatic hydroxyl groups excluding tert-OH is 1. The molecule has 1 aliphatic rings. The number of thiazole rings is 1. The molecule has 2 heterocycles. The van der Waals surface area contributed by atoms with Crippen molar-refractivity contribution in [2.75, 3.05) is 12.0 Å². The molecule has 34 heavy (non-hydrogen) atoms. The number of methoxy groups -OCH3 is 1. The molecule has 5 rings (SSSR count). The average molecular weight is 539 g/mol. The Morgan fingerprint density at radius 1 is 1.12 bits per heavy atom. The predicted molar refractivity (Wildman–Crippen MR) is 131 cm³/mol. The predicted octanol–water partition coefficient (Wildman–Crippen LogP) is 5.83. The molecule has 0 bridgehead atoms. The van der Waals surface area contributed by atoms with Crippen LogP contribution in [0.2, 0.25) is 0 Å². The number of nitrogens with zero attached hydrogens (tertiary/aromatic N) is 2. The number of rotatable bonds is 4. The smallest absolute Gasteiger partial charge is 0.301 e. The normalized spacial score (nSPS) is 17.5. The van der Waals surface area contributed by atoms with Gasteiger partial charge >= 0.3 is 5.91 Å². The zero-order chi connectivity index (χ0) is 24.0. The Morgan fingerprint density at radius 2 is 1.88 bits per heavy atom. The Hall–Kier alpha value is -3.56. The first-order chi connectivity index (χ1) is 16.4. The molecule has 4 aromatic rings. The number of carbonyl (C=O) groups excluding carboxylic acids is 2. The molecule has 1 atom stereocenters. The molecule has 9 heteroatoms. The number of hydrogen-bond donors (Lipinski definition) is 1. The molecule has 0 spiro atoms. The lowest BCUT2D eigenvalue weighted by Gasteiger charge is -2.23. The van der Waals surface area contributed by atoms with E-state index in [4.69, 9.17) is 4.74 Å². The number of amides is 1. The van der Waals surface area contributed by atoms with Crippen molar-refractivity contribution in [3.05, 3.63) is 93.7 Å². The van der Waals surface area contributed by atoms with Crippen molar-refractivity contribution in [3.63, 3.8) is 0 Å². The van der Waals surface area contributed by atoms with Crippen molar-refractivity contribution in [1.82, 2.24) is 4.98 Å². The SMILES string of the molecule is COc1cccc(/C(O)=C2\C(=O)C(=O)N(c3nc4ccc(F)cc4s3)C2c2ccc(Br)cc2)c1. The van der Waals surface area contributed by atoms with Gasteiger partial charge in [-0.05, 0) is 48.0 Å². The molecule has 1 aliphatic heterocycles. The summed E-state index contributed by atoms with van der Waals surface area (Å²) in [5.74, 6) is -1.91. The summed E-state index contributed by atoms with van der Waals surface area (Å²) in [6, 6.07) is 16.9. The van der Waals surface area contributed by atoms with Crippen molar-refractivity contribution in [1.29, 1.82) is 0 Å². The highest BCUT2D eigenvalue weighted by atomic mass is 79.9. The van der Waals surface area contributed by atoms with Gasteiger partial charge in [-0.15, -0.1) is 0 Å². The maximum atomic E-state index is 13.7. The van der Waals surface area contributed by atoms with Gasteiger partial charge in [0.1, 0.15) is 17.3 Å². The van der Waals surface area contributed by atoms with Gasteiger partial charge in [0.05, 0.1) is 28.9 Å². The van der Waals surface area contributed by atoms with Gasteiger partial charge in [0.15, 0.2) is 5.13 Å². The van der Waals surface area contributed by atoms with Gasteiger partial charge in [0.25, 0.3) is 5.78 Å². The summed E-state index contributed by atoms with van der Waals surface area (Å²) in [4.78, 5) is 32.2. The van der Waals surface area contributed by atoms with Gasteiger partial charge in [-0.1, -0.05) is 51.5 Å². The zero-order valence-corrected chi connectivity index (χ0v) is 20.1. The van der Waals surface area contributed by atoms with E-state index in [0.29, 0.717) is 27.1 Å². The molecular formula is C25H16BrFN2O4S. The number of ketones is 1. The fraction of sp³-hybridized carbons (Fsp3) is 0.0800. The number of carbonyl (C=O) groups is 2. The van der Waals surface area contributed by atoms with Crippen LogP contribution >= 0.6 is 27.3 Å². The van der Waals surface area contributed by atoms with Crippen molar-refractivity contribution in [3.8, 4) is 5.75 Å². The first kappa shape index (κ1) is 22.2. The fourth-order valence-electron chi connectivity index (χ4n) is 3.91. The summed E-state index contributed by atoms with van der Waals surface area (Å²) in [7, 11) is 1.50. The van der Waals surface area contributed by atoms with E-state index < -0.39 is 23.5 Å². The van der Waals surface area contributed by atoms with E-state index in [9.17, 15) is 19.1 Å². The van der Waals surface area contributed by atoms with Gasteiger partial charge < -0.3 is 9.84 Å². The van der Waals surface area contributed by atoms with E-state index in [-0.39, 0.29) is 16.5 Å². The molecular weight excluding hydrogens is 523 g/mol. The summed E-state index contributed by atoms with van der Waals surface area (Å²) >= 11 is 4.50. The molecule has 0 aliphatic carbocycles. The Morgan fingerprint density at radius 3 is 2.62 bits per heavy atom. The van der Waals surface area contributed by atoms with Crippen LogP contribution in [0.3, 0.4) is 0 Å². The van der Waals surface area contributed by atoms with Gasteiger partial charge in [-0.25, -0.2) is 9.37 Å². The number of halogens is 2. The topological polar surface area (TPSA) is 79.7 Å². The number of aromatic nitrogens is 1. The molecule has 1 saturated heterocycles. The van der Waals surface area contributed by atoms with Crippen molar-refractivity contribution < 1.29 is 23.8 Å². The van der Waals surface area contributed by atoms with Gasteiger partial charge in [0, 0.05) is 10.0 Å². The van der Waals surface area contributed by atoms with E-state index in [1.807, 2.05) is 0 Å². The Bertz CT molecular complexity index is 1480. The van der Waals surface area contributed by atoms with E-state index in [1.165, 1.54) is 30.2 Å². The lowest BCUT2D eigenvalue weighted by Crippen LogP contribution is -2.29. The standard InChI is InChI=1S/C25H16BrFN2O4S/c1-33-17-4-2-3-14(11-17)22(30)20-21(13-5-7-15(26)8-6-13)29(24(32)23(20)31)25-28-18-10-9-16(27)12-19(18)34-25/h2-12,21,30H,1H3/b22-20+. The van der Waals surface area contributed by atoms with Crippen molar-refractivity contribution >= 4 is 60.1 Å². The average Bonchev–Trinajstić information content (AvgIpc) is 3.37. The van der Waals surface area contributed by atoms with Gasteiger partial charge in [-0.3, -0.25) is 14.5 Å². The second-order valence-electron chi connectivity index (χ2n) is 7.56. The van der Waals surface area contributed by atoms with Crippen LogP contribution in [-0.2, 0) is 9.59 Å². The first-order valence-corrected chi connectivity index (χ1v) is 11.8. The summed E-state index contributed by atoms with van der Waals surface area (Å²) in [5, 5.41) is 11.4. The number of ether oxygens (including phenoxy) is 1. The second-order valence-corrected chi connectivity index (χ2v) is 9.49. The molecule has 170 valence electrons. The number of fused-ring (bicyclic) bond motifs is 1. The van der Waals surface area contributed by atoms with E-state index in [0.717, 1.165) is 15.8 Å². The number of anilines is 1. The molecule has 6 nitrogen and oxygen atoms in total. The largest absolute Gasteiger partial charge is 0.507 e. The van der Waals surface area contributed by atoms with Crippen LogP contribution in [0.15, 0.2) is 76.8 Å². The molecule has 1 unspecified atom stereocenters. The lowest BCUT2D eigenvalue weighted by molar-refractivity contribution is -0.132. The molecule has 1 N–H and O–H groups in total. The zero-order valence-electron chi connectivity index (χ0n) is 17.7. The number of hydrogen-bond acceptors (Lipinski definition) is 6. The van der Waals surface area contributed by atoms with Crippen LogP contribution < -0.4 is 9.64 Å². The van der Waals surface area contributed by atoms with Crippen LogP contribution in [0, 0.1) is 5.82 Å². The quantitative estimate of drug-likeness (QED) is 0.201. The minimum absolute atomic E-state index is 0.0639. The Kier molecular flexibility index (Phi) is 5.66. The van der Waals surface area contributed by atoms with E-state index in [2.05, 4.69) is 20.9 Å². The van der Waals surface area contributed by atoms with Gasteiger partial charge in [-0.2, -0.15) is 0 Å². The molecule has 1 fully saturated rings. The van der Waals surface area contributed by atoms with E-state index >= 15 is 0 Å². The monoisotopic (exact) mass is 538 g/mol. The van der Waals surface area contributed by atoms with Crippen LogP contribution in [0.5, 0.6) is 5.75 Å². The summed E-state index contributed by atoms with van der Waals surface area (Å²) in [5.41, 5.74) is 1.39. The highest BCUT2D eigenvalue weighted by Crippen LogP contribution is 2.44. The maximum absolute atomic E-state index is 13.7. The maximum Gasteiger partial charge on any atom is 0.301 e. The summed E-state index contributed by atoms with van der Waals surface area (Å²) in [6.45, 7) is 0. The second kappa shape index (κ2) is 8.66. The summed E-state index contributed by atoms with van der Waals surface area (Å²) in [6.07, 6.45) is 0. The lowest BCUT2D eigenvalue weighted by atomic mass is 9.95. The molecule has 1 aromatic heterocycles. The third kappa shape index (κ3) is 3.76. The Balaban J connectivity index is 1.73. The minimum atomic E-state index is -0.926. The minimum Gasteiger partial charge on any atom is -0.507 e. The highest BCUT2D eigenvalue weighted by Gasteiger charge is 2.48. The van der Waals surface area contributed by atoms with Crippen LogP contribution in [0.4, 0.5) is 9.52 Å². The van der Waals surface area contributed by atoms with Crippen LogP contribution in [0.1, 0.15) is 17.2 Å². The number of benzene rings is 3. The van der Waals surface area contributed by atoms with E-state index in [1.54, 1.807) is 48.5 Å². The first-order valence-electron chi connectivity index (χ1n) is 10.1. The fourth-order valence-corrected chi connectivity index (χ4v) is 5.19. The molecule has 3 aromatic carbocycles. The van der Waals surface area contributed by atoms with Crippen LogP contribution in [-0.4, -0.2) is 28.9 Å². The molecule has 0 radical (unpaired) electrons. The Labute approximate surface area is 206 Å². The third-order valence-electron chi connectivity index (χ3n) is 5.52. The van der Waals surface area contributed by atoms with Crippen molar-refractivity contribution in [2.45, 2.75) is 6.04 Å². The highest BCUT2D eigenvalue weighted by molar-refractivity contribution is 9.10.